The highest BCUT2D eigenvalue weighted by atomic mass is 32.3. The van der Waals surface area contributed by atoms with Crippen LogP contribution < -0.4 is 10.6 Å². The molecule has 45 heavy (non-hydrogen) atoms. The first-order valence-corrected chi connectivity index (χ1v) is 18.8. The number of nitrogens with zero attached hydrogens (tertiary/aromatic N) is 4. The van der Waals surface area contributed by atoms with Crippen LogP contribution in [0.4, 0.5) is 10.2 Å². The Morgan fingerprint density at radius 1 is 1.18 bits per heavy atom. The van der Waals surface area contributed by atoms with Gasteiger partial charge in [-0.2, -0.15) is 9.49 Å². The highest BCUT2D eigenvalue weighted by Crippen LogP contribution is 2.34. The SMILES string of the molecule is CCc1c(-c2ccc(NC(=O)[C@@H](NC(=O)c3conc3C(C)C)[C@H]3CC[C@H](C)CC3)nc2F)c(C)nn1COCCS(C)(C)C. The molecule has 1 saturated carbocycles. The summed E-state index contributed by atoms with van der Waals surface area (Å²) in [4.78, 5) is 31.1. The predicted molar refractivity (Wildman–Crippen MR) is 177 cm³/mol. The number of anilines is 1. The molecule has 1 atom stereocenters. The molecule has 1 fully saturated rings. The second-order valence-corrected chi connectivity index (χ2v) is 17.9. The number of carbonyl (C=O) groups excluding carboxylic acids is 2. The minimum absolute atomic E-state index is 0.0242. The monoisotopic (exact) mass is 644 g/mol. The van der Waals surface area contributed by atoms with Crippen LogP contribution in [0.1, 0.15) is 86.7 Å². The first-order chi connectivity index (χ1) is 21.3. The van der Waals surface area contributed by atoms with E-state index in [0.717, 1.165) is 37.1 Å². The Bertz CT molecular complexity index is 1470. The average Bonchev–Trinajstić information content (AvgIpc) is 3.59. The number of halogens is 1. The van der Waals surface area contributed by atoms with Gasteiger partial charge in [0.2, 0.25) is 11.9 Å². The van der Waals surface area contributed by atoms with Crippen molar-refractivity contribution in [2.24, 2.45) is 11.8 Å². The van der Waals surface area contributed by atoms with E-state index in [2.05, 4.69) is 51.6 Å². The number of hydrogen-bond donors (Lipinski definition) is 2. The number of carbonyl (C=O) groups is 2. The summed E-state index contributed by atoms with van der Waals surface area (Å²) in [5, 5.41) is 14.3. The average molecular weight is 645 g/mol. The summed E-state index contributed by atoms with van der Waals surface area (Å²) in [5.41, 5.74) is 3.37. The van der Waals surface area contributed by atoms with Gasteiger partial charge in [-0.25, -0.2) is 19.7 Å². The Morgan fingerprint density at radius 3 is 2.51 bits per heavy atom. The van der Waals surface area contributed by atoms with E-state index in [1.165, 1.54) is 6.26 Å². The van der Waals surface area contributed by atoms with E-state index >= 15 is 4.39 Å². The molecule has 0 aliphatic heterocycles. The number of nitrogens with one attached hydrogen (secondary N) is 2. The van der Waals surface area contributed by atoms with Crippen molar-refractivity contribution in [2.75, 3.05) is 36.4 Å². The van der Waals surface area contributed by atoms with Crippen molar-refractivity contribution in [1.82, 2.24) is 25.2 Å². The third-order valence-corrected chi connectivity index (χ3v) is 9.87. The summed E-state index contributed by atoms with van der Waals surface area (Å²) in [5.74, 6) is -0.0141. The van der Waals surface area contributed by atoms with Gasteiger partial charge in [-0.3, -0.25) is 9.59 Å². The van der Waals surface area contributed by atoms with Crippen LogP contribution in [0.2, 0.25) is 0 Å². The number of pyridine rings is 1. The van der Waals surface area contributed by atoms with Gasteiger partial charge in [0.05, 0.1) is 18.0 Å². The third kappa shape index (κ3) is 8.72. The number of aryl methyl sites for hydroxylation is 1. The molecule has 12 heteroatoms. The summed E-state index contributed by atoms with van der Waals surface area (Å²) < 4.78 is 28.4. The van der Waals surface area contributed by atoms with E-state index in [9.17, 15) is 9.59 Å². The highest BCUT2D eigenvalue weighted by Gasteiger charge is 2.34. The van der Waals surface area contributed by atoms with Gasteiger partial charge in [-0.1, -0.05) is 45.7 Å². The lowest BCUT2D eigenvalue weighted by atomic mass is 9.79. The van der Waals surface area contributed by atoms with Gasteiger partial charge < -0.3 is 19.9 Å². The largest absolute Gasteiger partial charge is 0.364 e. The molecule has 3 heterocycles. The van der Waals surface area contributed by atoms with Crippen molar-refractivity contribution in [3.8, 4) is 11.1 Å². The molecule has 2 N–H and O–H groups in total. The summed E-state index contributed by atoms with van der Waals surface area (Å²) in [7, 11) is -0.664. The lowest BCUT2D eigenvalue weighted by molar-refractivity contribution is -0.119. The van der Waals surface area contributed by atoms with Crippen molar-refractivity contribution < 1.29 is 23.2 Å². The second kappa shape index (κ2) is 14.9. The maximum absolute atomic E-state index is 15.6. The molecule has 0 bridgehead atoms. The summed E-state index contributed by atoms with van der Waals surface area (Å²) in [6.45, 7) is 10.8. The van der Waals surface area contributed by atoms with Crippen molar-refractivity contribution in [3.05, 3.63) is 47.0 Å². The number of rotatable bonds is 13. The molecule has 0 unspecified atom stereocenters. The van der Waals surface area contributed by atoms with Gasteiger partial charge in [0.1, 0.15) is 30.4 Å². The summed E-state index contributed by atoms with van der Waals surface area (Å²) in [6.07, 6.45) is 12.2. The molecule has 0 aromatic carbocycles. The Morgan fingerprint density at radius 2 is 1.89 bits per heavy atom. The predicted octanol–water partition coefficient (Wildman–Crippen LogP) is 6.30. The van der Waals surface area contributed by atoms with Gasteiger partial charge >= 0.3 is 0 Å². The minimum Gasteiger partial charge on any atom is -0.364 e. The molecule has 2 amide bonds. The molecule has 248 valence electrons. The van der Waals surface area contributed by atoms with Crippen LogP contribution in [0, 0.1) is 24.7 Å². The molecular formula is C33H49FN6O4S. The Balaban J connectivity index is 1.52. The smallest absolute Gasteiger partial charge is 0.257 e. The van der Waals surface area contributed by atoms with Gasteiger partial charge in [0.15, 0.2) is 0 Å². The number of amides is 2. The molecule has 3 aromatic rings. The lowest BCUT2D eigenvalue weighted by Crippen LogP contribution is -2.49. The Kier molecular flexibility index (Phi) is 11.5. The van der Waals surface area contributed by atoms with E-state index in [1.807, 2.05) is 27.7 Å². The highest BCUT2D eigenvalue weighted by molar-refractivity contribution is 8.32. The van der Waals surface area contributed by atoms with E-state index in [-0.39, 0.29) is 17.7 Å². The van der Waals surface area contributed by atoms with Crippen LogP contribution in [0.5, 0.6) is 0 Å². The zero-order chi connectivity index (χ0) is 32.9. The molecule has 1 aliphatic rings. The number of aromatic nitrogens is 4. The van der Waals surface area contributed by atoms with Crippen LogP contribution in [0.15, 0.2) is 22.9 Å². The van der Waals surface area contributed by atoms with E-state index in [4.69, 9.17) is 9.26 Å². The molecule has 10 nitrogen and oxygen atoms in total. The van der Waals surface area contributed by atoms with Crippen LogP contribution in [-0.4, -0.2) is 68.9 Å². The third-order valence-electron chi connectivity index (χ3n) is 8.48. The van der Waals surface area contributed by atoms with Crippen LogP contribution in [0.3, 0.4) is 0 Å². The first kappa shape index (κ1) is 34.6. The maximum Gasteiger partial charge on any atom is 0.257 e. The summed E-state index contributed by atoms with van der Waals surface area (Å²) >= 11 is 0. The first-order valence-electron chi connectivity index (χ1n) is 15.8. The van der Waals surface area contributed by atoms with Crippen molar-refractivity contribution in [1.29, 1.82) is 0 Å². The molecule has 3 aromatic heterocycles. The Hall–Kier alpha value is -3.25. The van der Waals surface area contributed by atoms with Gasteiger partial charge in [-0.05, 0) is 74.8 Å². The lowest BCUT2D eigenvalue weighted by Gasteiger charge is -2.32. The van der Waals surface area contributed by atoms with Gasteiger partial charge in [0, 0.05) is 22.6 Å². The molecule has 0 spiro atoms. The fourth-order valence-corrected chi connectivity index (χ4v) is 6.49. The van der Waals surface area contributed by atoms with Gasteiger partial charge in [0.25, 0.3) is 5.91 Å². The Labute approximate surface area is 267 Å². The number of ether oxygens (including phenoxy) is 1. The van der Waals surface area contributed by atoms with Crippen LogP contribution >= 0.6 is 10.0 Å². The quantitative estimate of drug-likeness (QED) is 0.165. The molecule has 0 saturated heterocycles. The van der Waals surface area contributed by atoms with E-state index < -0.39 is 33.8 Å². The van der Waals surface area contributed by atoms with Crippen molar-refractivity contribution in [3.63, 3.8) is 0 Å². The number of hydrogen-bond acceptors (Lipinski definition) is 7. The maximum atomic E-state index is 15.6. The zero-order valence-corrected chi connectivity index (χ0v) is 28.7. The molecule has 1 aliphatic carbocycles. The summed E-state index contributed by atoms with van der Waals surface area (Å²) in [6, 6.07) is 2.39. The zero-order valence-electron chi connectivity index (χ0n) is 27.9. The van der Waals surface area contributed by atoms with Crippen molar-refractivity contribution in [2.45, 2.75) is 85.4 Å². The fourth-order valence-electron chi connectivity index (χ4n) is 5.87. The fraction of sp³-hybridized carbons (Fsp3) is 0.606. The molecule has 4 rings (SSSR count). The van der Waals surface area contributed by atoms with Gasteiger partial charge in [-0.15, -0.1) is 0 Å². The normalized spacial score (nSPS) is 18.2. The molecular weight excluding hydrogens is 595 g/mol. The van der Waals surface area contributed by atoms with Crippen molar-refractivity contribution >= 4 is 27.7 Å². The van der Waals surface area contributed by atoms with Crippen LogP contribution in [-0.2, 0) is 22.7 Å². The standard InChI is InChI=1S/C33H49FN6O4S/c1-9-26-28(22(5)38-40(26)19-43-16-17-45(6,7)8)24-14-15-27(35-31(24)34)36-33(42)30(23-12-10-21(4)11-13-23)37-32(41)25-18-44-39-29(25)20(2)3/h14-15,18,20-21,23,30H,9-13,16-17,19H2,1-8H3,(H,37,41)(H,35,36,42)/t21-,23-,30-/m0/s1. The topological polar surface area (TPSA) is 124 Å². The second-order valence-electron chi connectivity index (χ2n) is 13.4. The minimum atomic E-state index is -0.823. The van der Waals surface area contributed by atoms with E-state index in [0.29, 0.717) is 53.8 Å². The van der Waals surface area contributed by atoms with Crippen LogP contribution in [0.25, 0.3) is 11.1 Å². The van der Waals surface area contributed by atoms with E-state index in [1.54, 1.807) is 16.8 Å². The molecule has 0 radical (unpaired) electrons.